The van der Waals surface area contributed by atoms with E-state index < -0.39 is 5.82 Å². The van der Waals surface area contributed by atoms with Crippen LogP contribution >= 0.6 is 0 Å². The van der Waals surface area contributed by atoms with Crippen LogP contribution in [0, 0.1) is 19.7 Å². The summed E-state index contributed by atoms with van der Waals surface area (Å²) in [5.74, 6) is -0.459. The number of carbonyl (C=O) groups excluding carboxylic acids is 3. The Morgan fingerprint density at radius 1 is 1.09 bits per heavy atom. The highest BCUT2D eigenvalue weighted by Gasteiger charge is 2.25. The standard InChI is InChI=1S/C25H30FN3O3/c1-15(30)8-6-4-5-7-9-24(31)27-14-21-16(2)23(28-17(21)3)13-20-19-12-18(26)10-11-22(19)29-25(20)32/h10-13,28H,4-9,14H2,1-3H3,(H,27,31)(H,29,32)/b20-13-. The van der Waals surface area contributed by atoms with Crippen molar-refractivity contribution in [3.05, 3.63) is 52.1 Å². The highest BCUT2D eigenvalue weighted by Crippen LogP contribution is 2.34. The number of unbranched alkanes of at least 4 members (excludes halogenated alkanes) is 3. The summed E-state index contributed by atoms with van der Waals surface area (Å²) in [6, 6.07) is 4.23. The SMILES string of the molecule is CC(=O)CCCCCCC(=O)NCc1c(C)[nH]c(/C=C2\C(=O)Nc3ccc(F)cc32)c1C. The fraction of sp³-hybridized carbons (Fsp3) is 0.400. The molecule has 3 rings (SSSR count). The molecule has 0 atom stereocenters. The Labute approximate surface area is 187 Å². The van der Waals surface area contributed by atoms with Crippen molar-refractivity contribution in [3.63, 3.8) is 0 Å². The van der Waals surface area contributed by atoms with Gasteiger partial charge in [-0.25, -0.2) is 4.39 Å². The Morgan fingerprint density at radius 2 is 1.81 bits per heavy atom. The van der Waals surface area contributed by atoms with E-state index in [1.165, 1.54) is 12.1 Å². The van der Waals surface area contributed by atoms with Crippen molar-refractivity contribution in [1.29, 1.82) is 0 Å². The second kappa shape index (κ2) is 10.4. The van der Waals surface area contributed by atoms with Crippen LogP contribution in [0.5, 0.6) is 0 Å². The number of aryl methyl sites for hydroxylation is 1. The van der Waals surface area contributed by atoms with E-state index in [-0.39, 0.29) is 17.6 Å². The van der Waals surface area contributed by atoms with Crippen LogP contribution in [0.3, 0.4) is 0 Å². The van der Waals surface area contributed by atoms with Crippen molar-refractivity contribution in [2.24, 2.45) is 0 Å². The van der Waals surface area contributed by atoms with Gasteiger partial charge in [0.2, 0.25) is 5.91 Å². The van der Waals surface area contributed by atoms with Gasteiger partial charge in [0, 0.05) is 42.0 Å². The number of fused-ring (bicyclic) bond motifs is 1. The number of H-pyrrole nitrogens is 1. The smallest absolute Gasteiger partial charge is 0.256 e. The van der Waals surface area contributed by atoms with Crippen LogP contribution < -0.4 is 10.6 Å². The van der Waals surface area contributed by atoms with Gasteiger partial charge in [-0.3, -0.25) is 9.59 Å². The minimum absolute atomic E-state index is 0.00366. The van der Waals surface area contributed by atoms with Gasteiger partial charge >= 0.3 is 0 Å². The van der Waals surface area contributed by atoms with Crippen LogP contribution in [0.15, 0.2) is 18.2 Å². The first-order chi connectivity index (χ1) is 15.3. The first-order valence-corrected chi connectivity index (χ1v) is 11.0. The lowest BCUT2D eigenvalue weighted by atomic mass is 10.0. The molecule has 1 aliphatic heterocycles. The van der Waals surface area contributed by atoms with Gasteiger partial charge in [0.05, 0.1) is 5.57 Å². The molecule has 0 fully saturated rings. The number of aromatic nitrogens is 1. The average molecular weight is 440 g/mol. The van der Waals surface area contributed by atoms with Crippen LogP contribution in [-0.2, 0) is 20.9 Å². The van der Waals surface area contributed by atoms with E-state index in [0.717, 1.165) is 48.2 Å². The summed E-state index contributed by atoms with van der Waals surface area (Å²) < 4.78 is 13.7. The highest BCUT2D eigenvalue weighted by atomic mass is 19.1. The molecule has 2 amide bonds. The average Bonchev–Trinajstić information content (AvgIpc) is 3.18. The molecule has 170 valence electrons. The number of hydrogen-bond donors (Lipinski definition) is 3. The highest BCUT2D eigenvalue weighted by molar-refractivity contribution is 6.34. The number of nitrogens with one attached hydrogen (secondary N) is 3. The monoisotopic (exact) mass is 439 g/mol. The Hall–Kier alpha value is -3.22. The molecule has 6 nitrogen and oxygen atoms in total. The molecule has 2 heterocycles. The zero-order chi connectivity index (χ0) is 23.3. The van der Waals surface area contributed by atoms with E-state index in [1.807, 2.05) is 13.8 Å². The van der Waals surface area contributed by atoms with Crippen molar-refractivity contribution in [2.45, 2.75) is 65.8 Å². The number of rotatable bonds is 10. The summed E-state index contributed by atoms with van der Waals surface area (Å²) in [6.07, 6.45) is 6.38. The zero-order valence-electron chi connectivity index (χ0n) is 18.9. The second-order valence-electron chi connectivity index (χ2n) is 8.36. The van der Waals surface area contributed by atoms with Gasteiger partial charge in [-0.2, -0.15) is 0 Å². The minimum Gasteiger partial charge on any atom is -0.359 e. The van der Waals surface area contributed by atoms with Gasteiger partial charge < -0.3 is 20.4 Å². The number of ketones is 1. The van der Waals surface area contributed by atoms with Crippen LogP contribution in [0.2, 0.25) is 0 Å². The first kappa shape index (κ1) is 23.4. The first-order valence-electron chi connectivity index (χ1n) is 11.0. The van der Waals surface area contributed by atoms with Gasteiger partial charge in [-0.1, -0.05) is 12.8 Å². The molecule has 0 unspecified atom stereocenters. The number of carbonyl (C=O) groups is 3. The zero-order valence-corrected chi connectivity index (χ0v) is 18.9. The van der Waals surface area contributed by atoms with Crippen LogP contribution in [0.4, 0.5) is 10.1 Å². The third-order valence-electron chi connectivity index (χ3n) is 5.83. The van der Waals surface area contributed by atoms with Gasteiger partial charge in [-0.05, 0) is 69.0 Å². The number of anilines is 1. The van der Waals surface area contributed by atoms with E-state index in [0.29, 0.717) is 36.2 Å². The molecule has 0 spiro atoms. The molecule has 3 N–H and O–H groups in total. The van der Waals surface area contributed by atoms with Gasteiger partial charge in [0.15, 0.2) is 0 Å². The van der Waals surface area contributed by atoms with Crippen molar-refractivity contribution >= 4 is 34.9 Å². The van der Waals surface area contributed by atoms with Crippen molar-refractivity contribution < 1.29 is 18.8 Å². The normalized spacial score (nSPS) is 13.9. The molecule has 0 saturated heterocycles. The molecule has 1 aromatic heterocycles. The third kappa shape index (κ3) is 5.72. The predicted molar refractivity (Wildman–Crippen MR) is 123 cm³/mol. The fourth-order valence-electron chi connectivity index (χ4n) is 3.96. The number of aromatic amines is 1. The Kier molecular flexibility index (Phi) is 7.62. The maximum atomic E-state index is 13.7. The van der Waals surface area contributed by atoms with Crippen LogP contribution in [0.1, 0.15) is 73.5 Å². The predicted octanol–water partition coefficient (Wildman–Crippen LogP) is 4.81. The number of benzene rings is 1. The maximum absolute atomic E-state index is 13.7. The third-order valence-corrected chi connectivity index (χ3v) is 5.83. The van der Waals surface area contributed by atoms with E-state index >= 15 is 0 Å². The van der Waals surface area contributed by atoms with Gasteiger partial charge in [0.25, 0.3) is 5.91 Å². The lowest BCUT2D eigenvalue weighted by Gasteiger charge is -2.06. The number of halogens is 1. The molecule has 2 aromatic rings. The van der Waals surface area contributed by atoms with Crippen LogP contribution in [0.25, 0.3) is 11.6 Å². The summed E-state index contributed by atoms with van der Waals surface area (Å²) >= 11 is 0. The number of amides is 2. The Bertz CT molecular complexity index is 1070. The van der Waals surface area contributed by atoms with Crippen LogP contribution in [-0.4, -0.2) is 22.6 Å². The lowest BCUT2D eigenvalue weighted by Crippen LogP contribution is -2.22. The lowest BCUT2D eigenvalue weighted by molar-refractivity contribution is -0.121. The largest absolute Gasteiger partial charge is 0.359 e. The van der Waals surface area contributed by atoms with Gasteiger partial charge in [-0.15, -0.1) is 0 Å². The number of Topliss-reactive ketones (excluding diaryl/α,β-unsaturated/α-hetero) is 1. The topological polar surface area (TPSA) is 91.1 Å². The van der Waals surface area contributed by atoms with E-state index in [4.69, 9.17) is 0 Å². The molecular formula is C25H30FN3O3. The molecule has 1 aliphatic rings. The minimum atomic E-state index is -0.396. The maximum Gasteiger partial charge on any atom is 0.256 e. The summed E-state index contributed by atoms with van der Waals surface area (Å²) in [5, 5.41) is 5.72. The van der Waals surface area contributed by atoms with E-state index in [9.17, 15) is 18.8 Å². The molecule has 0 radical (unpaired) electrons. The van der Waals surface area contributed by atoms with E-state index in [2.05, 4.69) is 15.6 Å². The van der Waals surface area contributed by atoms with Gasteiger partial charge in [0.1, 0.15) is 11.6 Å². The molecule has 0 bridgehead atoms. The fourth-order valence-corrected chi connectivity index (χ4v) is 3.96. The molecule has 0 saturated carbocycles. The quantitative estimate of drug-likeness (QED) is 0.367. The summed E-state index contributed by atoms with van der Waals surface area (Å²) in [7, 11) is 0. The second-order valence-corrected chi connectivity index (χ2v) is 8.36. The summed E-state index contributed by atoms with van der Waals surface area (Å²) in [6.45, 7) is 5.86. The Morgan fingerprint density at radius 3 is 2.53 bits per heavy atom. The van der Waals surface area contributed by atoms with Crippen molar-refractivity contribution in [2.75, 3.05) is 5.32 Å². The summed E-state index contributed by atoms with van der Waals surface area (Å²) in [4.78, 5) is 38.8. The van der Waals surface area contributed by atoms with E-state index in [1.54, 1.807) is 19.1 Å². The molecule has 1 aromatic carbocycles. The van der Waals surface area contributed by atoms with Crippen molar-refractivity contribution in [1.82, 2.24) is 10.3 Å². The molecule has 7 heteroatoms. The Balaban J connectivity index is 1.59. The number of hydrogen-bond acceptors (Lipinski definition) is 3. The summed E-state index contributed by atoms with van der Waals surface area (Å²) in [5.41, 5.74) is 5.14. The molecule has 32 heavy (non-hydrogen) atoms. The molecular weight excluding hydrogens is 409 g/mol. The molecule has 0 aliphatic carbocycles. The van der Waals surface area contributed by atoms with Crippen molar-refractivity contribution in [3.8, 4) is 0 Å².